The molecule has 5 fully saturated rings. The second kappa shape index (κ2) is 56.3. The molecule has 20 N–H and O–H groups in total. The van der Waals surface area contributed by atoms with Gasteiger partial charge >= 0.3 is 5.97 Å². The van der Waals surface area contributed by atoms with Crippen molar-refractivity contribution in [1.82, 2.24) is 16.0 Å². The molecule has 5 aliphatic heterocycles. The number of rotatable bonds is 60. The molecule has 672 valence electrons. The number of unbranched alkanes of at least 4 members (excludes halogenated alkanes) is 33. The highest BCUT2D eigenvalue weighted by Gasteiger charge is 2.62. The van der Waals surface area contributed by atoms with Crippen LogP contribution in [0.5, 0.6) is 0 Å². The summed E-state index contributed by atoms with van der Waals surface area (Å²) >= 11 is 0. The zero-order valence-corrected chi connectivity index (χ0v) is 68.5. The van der Waals surface area contributed by atoms with Crippen LogP contribution in [0.3, 0.4) is 0 Å². The number of carbonyl (C=O) groups is 4. The molecule has 0 saturated carbocycles. The smallest absolute Gasteiger partial charge is 0.364 e. The number of aliphatic hydroxyl groups excluding tert-OH is 16. The molecular formula is C81H147N3O31. The van der Waals surface area contributed by atoms with Crippen molar-refractivity contribution in [3.05, 3.63) is 12.2 Å². The molecule has 0 spiro atoms. The summed E-state index contributed by atoms with van der Waals surface area (Å²) in [4.78, 5) is 53.1. The van der Waals surface area contributed by atoms with Crippen LogP contribution in [0.4, 0.5) is 0 Å². The van der Waals surface area contributed by atoms with Gasteiger partial charge < -0.3 is 150 Å². The Morgan fingerprint density at radius 1 is 0.452 bits per heavy atom. The first kappa shape index (κ1) is 102. The second-order valence-electron chi connectivity index (χ2n) is 32.1. The lowest BCUT2D eigenvalue weighted by atomic mass is 9.88. The van der Waals surface area contributed by atoms with E-state index in [4.69, 9.17) is 47.4 Å². The van der Waals surface area contributed by atoms with Gasteiger partial charge in [-0.1, -0.05) is 231 Å². The first-order chi connectivity index (χ1) is 55.3. The van der Waals surface area contributed by atoms with Crippen LogP contribution in [0.25, 0.3) is 0 Å². The predicted molar refractivity (Wildman–Crippen MR) is 415 cm³/mol. The van der Waals surface area contributed by atoms with E-state index in [1.54, 1.807) is 6.08 Å². The van der Waals surface area contributed by atoms with Crippen molar-refractivity contribution in [3.8, 4) is 0 Å². The summed E-state index contributed by atoms with van der Waals surface area (Å²) in [7, 11) is 0. The van der Waals surface area contributed by atoms with Gasteiger partial charge in [0.1, 0.15) is 116 Å². The Kier molecular flexibility index (Phi) is 50.0. The highest BCUT2D eigenvalue weighted by Crippen LogP contribution is 2.41. The van der Waals surface area contributed by atoms with E-state index >= 15 is 0 Å². The third-order valence-corrected chi connectivity index (χ3v) is 22.6. The van der Waals surface area contributed by atoms with Gasteiger partial charge in [-0.05, 0) is 19.3 Å². The van der Waals surface area contributed by atoms with Crippen LogP contribution in [0.15, 0.2) is 12.2 Å². The van der Waals surface area contributed by atoms with E-state index in [1.807, 2.05) is 6.08 Å². The van der Waals surface area contributed by atoms with Gasteiger partial charge in [0.2, 0.25) is 17.7 Å². The van der Waals surface area contributed by atoms with Crippen molar-refractivity contribution in [2.45, 2.75) is 436 Å². The zero-order valence-electron chi connectivity index (χ0n) is 68.5. The van der Waals surface area contributed by atoms with Crippen LogP contribution in [-0.4, -0.2) is 321 Å². The topological polar surface area (TPSA) is 541 Å². The second-order valence-corrected chi connectivity index (χ2v) is 32.1. The monoisotopic (exact) mass is 1660 g/mol. The quantitative estimate of drug-likeness (QED) is 0.0306. The number of aliphatic hydroxyl groups is 16. The number of carboxylic acid groups (broad SMARTS) is 1. The Labute approximate surface area is 678 Å². The molecule has 5 saturated heterocycles. The molecule has 34 nitrogen and oxygen atoms in total. The Morgan fingerprint density at radius 2 is 0.861 bits per heavy atom. The Morgan fingerprint density at radius 3 is 1.34 bits per heavy atom. The molecule has 5 heterocycles. The minimum absolute atomic E-state index is 0.136. The average molecular weight is 1660 g/mol. The van der Waals surface area contributed by atoms with E-state index in [0.29, 0.717) is 12.8 Å². The van der Waals surface area contributed by atoms with Gasteiger partial charge in [-0.3, -0.25) is 14.4 Å². The van der Waals surface area contributed by atoms with E-state index < -0.39 is 235 Å². The molecule has 0 aromatic rings. The number of carbonyl (C=O) groups excluding carboxylic acids is 3. The molecule has 5 rings (SSSR count). The lowest BCUT2D eigenvalue weighted by Gasteiger charge is -2.52. The largest absolute Gasteiger partial charge is 0.477 e. The lowest BCUT2D eigenvalue weighted by molar-refractivity contribution is -0.403. The minimum atomic E-state index is -3.38. The molecule has 10 unspecified atom stereocenters. The summed E-state index contributed by atoms with van der Waals surface area (Å²) < 4.78 is 60.2. The Balaban J connectivity index is 1.32. The van der Waals surface area contributed by atoms with Crippen molar-refractivity contribution in [3.63, 3.8) is 0 Å². The first-order valence-corrected chi connectivity index (χ1v) is 43.1. The number of allylic oxidation sites excluding steroid dienone is 1. The van der Waals surface area contributed by atoms with Gasteiger partial charge in [0.15, 0.2) is 25.2 Å². The van der Waals surface area contributed by atoms with Gasteiger partial charge in [-0.15, -0.1) is 0 Å². The van der Waals surface area contributed by atoms with Gasteiger partial charge in [0.25, 0.3) is 5.79 Å². The van der Waals surface area contributed by atoms with Crippen LogP contribution in [0.2, 0.25) is 0 Å². The zero-order chi connectivity index (χ0) is 84.4. The third-order valence-electron chi connectivity index (χ3n) is 22.6. The maximum absolute atomic E-state index is 13.9. The Hall–Kier alpha value is -3.42. The molecule has 0 bridgehead atoms. The van der Waals surface area contributed by atoms with Gasteiger partial charge in [0.05, 0.1) is 63.9 Å². The normalized spacial score (nSPS) is 33.0. The molecule has 0 aromatic carbocycles. The van der Waals surface area contributed by atoms with Gasteiger partial charge in [-0.2, -0.15) is 0 Å². The minimum Gasteiger partial charge on any atom is -0.477 e. The van der Waals surface area contributed by atoms with Crippen molar-refractivity contribution >= 4 is 23.7 Å². The summed E-state index contributed by atoms with van der Waals surface area (Å²) in [6.07, 6.45) is -5.59. The van der Waals surface area contributed by atoms with E-state index in [0.717, 1.165) is 71.6 Å². The van der Waals surface area contributed by atoms with E-state index in [9.17, 15) is 106 Å². The molecule has 0 aliphatic carbocycles. The van der Waals surface area contributed by atoms with Crippen LogP contribution < -0.4 is 16.0 Å². The van der Waals surface area contributed by atoms with E-state index in [2.05, 4.69) is 29.8 Å². The van der Waals surface area contributed by atoms with Crippen LogP contribution in [0.1, 0.15) is 265 Å². The number of amides is 3. The summed E-state index contributed by atoms with van der Waals surface area (Å²) in [5, 5.41) is 197. The number of carboxylic acids is 1. The number of nitrogens with one attached hydrogen (secondary N) is 3. The molecule has 34 heteroatoms. The number of aliphatic carboxylic acids is 1. The van der Waals surface area contributed by atoms with Gasteiger partial charge in [-0.25, -0.2) is 4.79 Å². The van der Waals surface area contributed by atoms with E-state index in [1.165, 1.54) is 154 Å². The number of hydrogen-bond acceptors (Lipinski definition) is 30. The molecule has 115 heavy (non-hydrogen) atoms. The number of hydrogen-bond donors (Lipinski definition) is 20. The molecule has 0 aromatic heterocycles. The maximum atomic E-state index is 13.9. The molecular weight excluding hydrogens is 1510 g/mol. The summed E-state index contributed by atoms with van der Waals surface area (Å²) in [6, 6.07) is -4.81. The van der Waals surface area contributed by atoms with E-state index in [-0.39, 0.29) is 12.3 Å². The third kappa shape index (κ3) is 33.7. The average Bonchev–Trinajstić information content (AvgIpc) is 0.746. The highest BCUT2D eigenvalue weighted by molar-refractivity contribution is 5.77. The van der Waals surface area contributed by atoms with Crippen LogP contribution in [0, 0.1) is 0 Å². The molecule has 0 radical (unpaired) electrons. The first-order valence-electron chi connectivity index (χ1n) is 43.1. The van der Waals surface area contributed by atoms with Crippen LogP contribution >= 0.6 is 0 Å². The molecule has 5 aliphatic rings. The van der Waals surface area contributed by atoms with Crippen molar-refractivity contribution in [2.24, 2.45) is 0 Å². The molecule has 3 amide bonds. The SMILES string of the molecule is CCCCCCCCCCCCC/C=C/[C@@H](O)[C@H](CO[C@@H]1OC(CO)[C@@H](O[C@@H]2OC(CO)[C@H](O[C@@H]3OC(CO)[C@H](O)[C@H](O[C@@H]4OC(CO)[C@H](O)[C@H](O)C4O)C3NC(C)=O)[C@H](O[C@]3(C(=O)O)CC(O)[C@@H](NC(C)=O)C([C@H](O)[C@H](O)CO)O3)C2O)[C@H](O)C1O)NC(=O)CCCCCCCCCCCCCCCCCCCCCCCCC. The van der Waals surface area contributed by atoms with Crippen molar-refractivity contribution in [2.75, 3.05) is 39.6 Å². The van der Waals surface area contributed by atoms with Crippen LogP contribution in [-0.2, 0) is 66.5 Å². The summed E-state index contributed by atoms with van der Waals surface area (Å²) in [6.45, 7) is 0.365. The fraction of sp³-hybridized carbons (Fsp3) is 0.926. The van der Waals surface area contributed by atoms with Gasteiger partial charge in [0, 0.05) is 26.7 Å². The maximum Gasteiger partial charge on any atom is 0.364 e. The van der Waals surface area contributed by atoms with Crippen molar-refractivity contribution < 1.29 is 153 Å². The molecule has 28 atom stereocenters. The Bertz CT molecular complexity index is 2650. The summed E-state index contributed by atoms with van der Waals surface area (Å²) in [5.74, 6) is -7.70. The summed E-state index contributed by atoms with van der Waals surface area (Å²) in [5.41, 5.74) is 0. The number of ether oxygens (including phenoxy) is 10. The fourth-order valence-corrected chi connectivity index (χ4v) is 15.7. The predicted octanol–water partition coefficient (Wildman–Crippen LogP) is 2.08. The van der Waals surface area contributed by atoms with Crippen molar-refractivity contribution in [1.29, 1.82) is 0 Å². The fourth-order valence-electron chi connectivity index (χ4n) is 15.7. The standard InChI is InChI=1S/C81H147N3O31/c1-5-7-9-11-13-15-17-19-20-21-22-23-24-25-26-27-28-30-32-34-36-38-40-42-60(95)84-52(53(92)41-39-37-35-33-31-29-18-16-14-12-10-8-6-2)49-106-77-69(102)67(100)71(58(47-88)109-77)111-79-70(103)75(115-81(80(104)105)43-54(93)61(82-50(3)90)74(114-81)63(96)55(94)44-85)72(59(48-89)110-79)112-76-62(83-51(4)91)73(65(98)57(46-87)107-76)113-78-68(101)66(99)64(97)56(45-86)108-78/h39,41,52-59,61-79,85-89,92-94,96-103H,5-38,40,42-49H2,1-4H3,(H,82,90)(H,83,91)(H,84,95)(H,104,105)/b41-39+/t52-,53+,54?,55+,56?,57?,58?,59?,61+,62?,63+,64-,65-,66-,67+,68?,69?,70?,71+,72-,73+,74?,75+,76-,77+,78-,79-,81-/m0/s1. The highest BCUT2D eigenvalue weighted by atomic mass is 16.8. The lowest BCUT2D eigenvalue weighted by Crippen LogP contribution is -2.72.